The Morgan fingerprint density at radius 3 is 2.94 bits per heavy atom. The largest absolute Gasteiger partial charge is 0.506 e. The molecule has 3 N–H and O–H groups in total. The van der Waals surface area contributed by atoms with E-state index in [0.29, 0.717) is 11.1 Å². The van der Waals surface area contributed by atoms with Crippen LogP contribution in [0.4, 0.5) is 0 Å². The summed E-state index contributed by atoms with van der Waals surface area (Å²) in [6.07, 6.45) is 0. The molecule has 18 heavy (non-hydrogen) atoms. The Morgan fingerprint density at radius 1 is 1.56 bits per heavy atom. The van der Waals surface area contributed by atoms with Crippen molar-refractivity contribution in [3.63, 3.8) is 0 Å². The number of halogens is 1. The molecule has 1 fully saturated rings. The van der Waals surface area contributed by atoms with Crippen LogP contribution >= 0.6 is 11.6 Å². The van der Waals surface area contributed by atoms with Gasteiger partial charge >= 0.3 is 0 Å². The Bertz CT molecular complexity index is 414. The van der Waals surface area contributed by atoms with Crippen LogP contribution in [0.3, 0.4) is 0 Å². The maximum atomic E-state index is 9.61. The molecule has 0 aliphatic carbocycles. The summed E-state index contributed by atoms with van der Waals surface area (Å²) in [5, 5.41) is 22.7. The highest BCUT2D eigenvalue weighted by Gasteiger charge is 2.24. The van der Waals surface area contributed by atoms with E-state index in [1.807, 2.05) is 6.07 Å². The molecule has 0 spiro atoms. The number of phenols is 1. The lowest BCUT2D eigenvalue weighted by Crippen LogP contribution is -2.50. The lowest BCUT2D eigenvalue weighted by molar-refractivity contribution is 0.0962. The van der Waals surface area contributed by atoms with E-state index in [4.69, 9.17) is 11.6 Å². The SMILES string of the molecule is CC1CN(C(CO)c2ccc(O)c(Cl)c2)CCN1. The second kappa shape index (κ2) is 5.89. The molecule has 2 rings (SSSR count). The number of hydrogen-bond acceptors (Lipinski definition) is 4. The van der Waals surface area contributed by atoms with Crippen molar-refractivity contribution in [3.8, 4) is 5.75 Å². The molecule has 1 aromatic carbocycles. The van der Waals surface area contributed by atoms with E-state index in [9.17, 15) is 10.2 Å². The van der Waals surface area contributed by atoms with Gasteiger partial charge in [0.15, 0.2) is 0 Å². The van der Waals surface area contributed by atoms with Gasteiger partial charge < -0.3 is 15.5 Å². The Labute approximate surface area is 112 Å². The molecule has 0 aromatic heterocycles. The van der Waals surface area contributed by atoms with Crippen molar-refractivity contribution in [2.24, 2.45) is 0 Å². The molecule has 0 amide bonds. The highest BCUT2D eigenvalue weighted by molar-refractivity contribution is 6.32. The number of benzene rings is 1. The molecular formula is C13H19ClN2O2. The van der Waals surface area contributed by atoms with Gasteiger partial charge in [-0.05, 0) is 24.6 Å². The lowest BCUT2D eigenvalue weighted by atomic mass is 10.0. The van der Waals surface area contributed by atoms with E-state index in [0.717, 1.165) is 25.2 Å². The fourth-order valence-corrected chi connectivity index (χ4v) is 2.60. The summed E-state index contributed by atoms with van der Waals surface area (Å²) in [5.74, 6) is 0.0748. The molecule has 2 atom stereocenters. The Hall–Kier alpha value is -0.810. The molecule has 4 nitrogen and oxygen atoms in total. The van der Waals surface area contributed by atoms with Gasteiger partial charge in [-0.2, -0.15) is 0 Å². The predicted molar refractivity (Wildman–Crippen MR) is 72.0 cm³/mol. The number of piperazine rings is 1. The molecule has 1 aliphatic heterocycles. The summed E-state index contributed by atoms with van der Waals surface area (Å²) in [4.78, 5) is 2.24. The molecule has 2 unspecified atom stereocenters. The predicted octanol–water partition coefficient (Wildman–Crippen LogP) is 1.37. The normalized spacial score (nSPS) is 22.9. The van der Waals surface area contributed by atoms with Crippen LogP contribution in [0, 0.1) is 0 Å². The van der Waals surface area contributed by atoms with E-state index >= 15 is 0 Å². The monoisotopic (exact) mass is 270 g/mol. The average Bonchev–Trinajstić information content (AvgIpc) is 2.35. The van der Waals surface area contributed by atoms with E-state index < -0.39 is 0 Å². The van der Waals surface area contributed by atoms with Crippen molar-refractivity contribution >= 4 is 11.6 Å². The fraction of sp³-hybridized carbons (Fsp3) is 0.538. The minimum Gasteiger partial charge on any atom is -0.506 e. The molecule has 1 saturated heterocycles. The summed E-state index contributed by atoms with van der Waals surface area (Å²) in [5.41, 5.74) is 0.939. The summed E-state index contributed by atoms with van der Waals surface area (Å²) in [6, 6.07) is 5.47. The van der Waals surface area contributed by atoms with Crippen molar-refractivity contribution in [2.75, 3.05) is 26.2 Å². The maximum Gasteiger partial charge on any atom is 0.134 e. The average molecular weight is 271 g/mol. The van der Waals surface area contributed by atoms with Gasteiger partial charge in [-0.1, -0.05) is 17.7 Å². The van der Waals surface area contributed by atoms with Crippen molar-refractivity contribution in [1.82, 2.24) is 10.2 Å². The third-order valence-electron chi connectivity index (χ3n) is 3.37. The highest BCUT2D eigenvalue weighted by atomic mass is 35.5. The number of aliphatic hydroxyl groups excluding tert-OH is 1. The van der Waals surface area contributed by atoms with Crippen LogP contribution < -0.4 is 5.32 Å². The van der Waals surface area contributed by atoms with Crippen LogP contribution in [0.15, 0.2) is 18.2 Å². The molecule has 0 saturated carbocycles. The fourth-order valence-electron chi connectivity index (χ4n) is 2.41. The van der Waals surface area contributed by atoms with Gasteiger partial charge in [-0.15, -0.1) is 0 Å². The van der Waals surface area contributed by atoms with Crippen LogP contribution in [0.5, 0.6) is 5.75 Å². The van der Waals surface area contributed by atoms with Crippen LogP contribution in [0.2, 0.25) is 5.02 Å². The number of rotatable bonds is 3. The second-order valence-electron chi connectivity index (χ2n) is 4.76. The first-order chi connectivity index (χ1) is 8.61. The molecule has 0 bridgehead atoms. The van der Waals surface area contributed by atoms with Gasteiger partial charge in [0.05, 0.1) is 17.7 Å². The summed E-state index contributed by atoms with van der Waals surface area (Å²) < 4.78 is 0. The first-order valence-electron chi connectivity index (χ1n) is 6.18. The van der Waals surface area contributed by atoms with Gasteiger partial charge in [0.1, 0.15) is 5.75 Å². The smallest absolute Gasteiger partial charge is 0.134 e. The second-order valence-corrected chi connectivity index (χ2v) is 5.17. The highest BCUT2D eigenvalue weighted by Crippen LogP contribution is 2.29. The first kappa shape index (κ1) is 13.6. The van der Waals surface area contributed by atoms with E-state index in [1.54, 1.807) is 12.1 Å². The number of aliphatic hydroxyl groups is 1. The minimum absolute atomic E-state index is 0.0494. The van der Waals surface area contributed by atoms with Gasteiger partial charge in [0, 0.05) is 25.7 Å². The van der Waals surface area contributed by atoms with Crippen molar-refractivity contribution < 1.29 is 10.2 Å². The number of nitrogens with one attached hydrogen (secondary N) is 1. The molecule has 5 heteroatoms. The third-order valence-corrected chi connectivity index (χ3v) is 3.67. The number of aromatic hydroxyl groups is 1. The summed E-state index contributed by atoms with van der Waals surface area (Å²) in [7, 11) is 0. The third kappa shape index (κ3) is 2.95. The minimum atomic E-state index is -0.0624. The maximum absolute atomic E-state index is 9.61. The zero-order chi connectivity index (χ0) is 13.1. The molecule has 1 aliphatic rings. The van der Waals surface area contributed by atoms with Crippen molar-refractivity contribution in [2.45, 2.75) is 19.0 Å². The number of hydrogen-bond donors (Lipinski definition) is 3. The van der Waals surface area contributed by atoms with E-state index in [1.165, 1.54) is 0 Å². The molecule has 1 heterocycles. The van der Waals surface area contributed by atoms with Crippen molar-refractivity contribution in [3.05, 3.63) is 28.8 Å². The standard InChI is InChI=1S/C13H19ClN2O2/c1-9-7-16(5-4-15-9)12(8-17)10-2-3-13(18)11(14)6-10/h2-3,6,9,12,15,17-18H,4-5,7-8H2,1H3. The number of nitrogens with zero attached hydrogens (tertiary/aromatic N) is 1. The summed E-state index contributed by atoms with van der Waals surface area (Å²) >= 11 is 5.92. The topological polar surface area (TPSA) is 55.7 Å². The Kier molecular flexibility index (Phi) is 4.45. The van der Waals surface area contributed by atoms with Gasteiger partial charge in [0.2, 0.25) is 0 Å². The zero-order valence-electron chi connectivity index (χ0n) is 10.4. The van der Waals surface area contributed by atoms with Crippen LogP contribution in [-0.4, -0.2) is 47.4 Å². The molecule has 1 aromatic rings. The lowest BCUT2D eigenvalue weighted by Gasteiger charge is -2.37. The van der Waals surface area contributed by atoms with E-state index in [2.05, 4.69) is 17.1 Å². The van der Waals surface area contributed by atoms with Crippen LogP contribution in [0.1, 0.15) is 18.5 Å². The number of phenolic OH excluding ortho intramolecular Hbond substituents is 1. The Balaban J connectivity index is 2.18. The summed E-state index contributed by atoms with van der Waals surface area (Å²) in [6.45, 7) is 4.89. The van der Waals surface area contributed by atoms with E-state index in [-0.39, 0.29) is 18.4 Å². The van der Waals surface area contributed by atoms with Crippen molar-refractivity contribution in [1.29, 1.82) is 0 Å². The first-order valence-corrected chi connectivity index (χ1v) is 6.56. The molecule has 100 valence electrons. The Morgan fingerprint density at radius 2 is 2.33 bits per heavy atom. The molecular weight excluding hydrogens is 252 g/mol. The van der Waals surface area contributed by atoms with Gasteiger partial charge in [-0.25, -0.2) is 0 Å². The molecule has 0 radical (unpaired) electrons. The van der Waals surface area contributed by atoms with Crippen LogP contribution in [0.25, 0.3) is 0 Å². The van der Waals surface area contributed by atoms with Crippen LogP contribution in [-0.2, 0) is 0 Å². The quantitative estimate of drug-likeness (QED) is 0.777. The van der Waals surface area contributed by atoms with Gasteiger partial charge in [-0.3, -0.25) is 4.90 Å². The van der Waals surface area contributed by atoms with Gasteiger partial charge in [0.25, 0.3) is 0 Å². The zero-order valence-corrected chi connectivity index (χ0v) is 11.2.